The second-order valence-electron chi connectivity index (χ2n) is 4.34. The van der Waals surface area contributed by atoms with E-state index < -0.39 is 0 Å². The maximum absolute atomic E-state index is 5.84. The zero-order valence-corrected chi connectivity index (χ0v) is 13.4. The highest BCUT2D eigenvalue weighted by molar-refractivity contribution is 9.08. The first-order valence-electron chi connectivity index (χ1n) is 6.72. The molecule has 0 fully saturated rings. The summed E-state index contributed by atoms with van der Waals surface area (Å²) in [5.74, 6) is 1.55. The molecule has 20 heavy (non-hydrogen) atoms. The molecule has 108 valence electrons. The van der Waals surface area contributed by atoms with Gasteiger partial charge in [-0.15, -0.1) is 0 Å². The molecular formula is C15H19BrN2O2. The van der Waals surface area contributed by atoms with E-state index in [9.17, 15) is 0 Å². The summed E-state index contributed by atoms with van der Waals surface area (Å²) in [6.45, 7) is 6.01. The largest absolute Gasteiger partial charge is 0.490 e. The van der Waals surface area contributed by atoms with Gasteiger partial charge in [0, 0.05) is 23.6 Å². The van der Waals surface area contributed by atoms with Crippen molar-refractivity contribution in [1.82, 2.24) is 9.78 Å². The van der Waals surface area contributed by atoms with E-state index in [-0.39, 0.29) is 0 Å². The highest BCUT2D eigenvalue weighted by Crippen LogP contribution is 2.30. The molecule has 1 aromatic heterocycles. The highest BCUT2D eigenvalue weighted by atomic mass is 79.9. The fraction of sp³-hybridized carbons (Fsp3) is 0.400. The van der Waals surface area contributed by atoms with Crippen molar-refractivity contribution in [3.63, 3.8) is 0 Å². The van der Waals surface area contributed by atoms with Crippen molar-refractivity contribution in [1.29, 1.82) is 0 Å². The molecule has 1 heterocycles. The molecule has 0 bridgehead atoms. The average molecular weight is 339 g/mol. The van der Waals surface area contributed by atoms with Crippen molar-refractivity contribution in [2.24, 2.45) is 0 Å². The van der Waals surface area contributed by atoms with Gasteiger partial charge in [-0.2, -0.15) is 5.10 Å². The molecule has 4 nitrogen and oxygen atoms in total. The van der Waals surface area contributed by atoms with E-state index in [0.29, 0.717) is 13.2 Å². The molecule has 0 spiro atoms. The summed E-state index contributed by atoms with van der Waals surface area (Å²) in [4.78, 5) is 0. The first kappa shape index (κ1) is 14.9. The summed E-state index contributed by atoms with van der Waals surface area (Å²) in [6.07, 6.45) is 3.82. The van der Waals surface area contributed by atoms with E-state index in [1.165, 1.54) is 5.56 Å². The van der Waals surface area contributed by atoms with Gasteiger partial charge in [-0.1, -0.05) is 22.0 Å². The van der Waals surface area contributed by atoms with Crippen molar-refractivity contribution >= 4 is 15.9 Å². The number of halogens is 1. The molecule has 0 aliphatic heterocycles. The minimum absolute atomic E-state index is 0.494. The zero-order chi connectivity index (χ0) is 14.4. The number of aromatic nitrogens is 2. The van der Waals surface area contributed by atoms with Crippen LogP contribution in [0.15, 0.2) is 30.6 Å². The Morgan fingerprint density at radius 1 is 1.15 bits per heavy atom. The molecule has 0 saturated carbocycles. The van der Waals surface area contributed by atoms with Crippen LogP contribution in [0.5, 0.6) is 11.5 Å². The Bertz CT molecular complexity index is 555. The molecule has 1 aromatic carbocycles. The third kappa shape index (κ3) is 3.76. The van der Waals surface area contributed by atoms with E-state index in [2.05, 4.69) is 28.0 Å². The highest BCUT2D eigenvalue weighted by Gasteiger charge is 2.07. The third-order valence-electron chi connectivity index (χ3n) is 2.87. The lowest BCUT2D eigenvalue weighted by atomic mass is 10.2. The molecular weight excluding hydrogens is 320 g/mol. The smallest absolute Gasteiger partial charge is 0.161 e. The van der Waals surface area contributed by atoms with Crippen molar-refractivity contribution in [3.8, 4) is 11.5 Å². The Labute approximate surface area is 127 Å². The van der Waals surface area contributed by atoms with Gasteiger partial charge in [-0.3, -0.25) is 4.68 Å². The number of hydrogen-bond acceptors (Lipinski definition) is 3. The van der Waals surface area contributed by atoms with Crippen LogP contribution in [0.1, 0.15) is 25.0 Å². The van der Waals surface area contributed by atoms with Crippen molar-refractivity contribution in [3.05, 3.63) is 41.7 Å². The first-order valence-corrected chi connectivity index (χ1v) is 7.84. The van der Waals surface area contributed by atoms with Crippen LogP contribution in [0, 0.1) is 0 Å². The Kier molecular flexibility index (Phi) is 5.47. The fourth-order valence-electron chi connectivity index (χ4n) is 1.84. The molecule has 0 saturated heterocycles. The standard InChI is InChI=1S/C15H19BrN2O2/c1-3-18-10-13(9-17-18)11-20-14-6-5-12(8-16)7-15(14)19-4-2/h5-7,9-10H,3-4,8,11H2,1-2H3. The van der Waals surface area contributed by atoms with Gasteiger partial charge in [0.05, 0.1) is 12.8 Å². The lowest BCUT2D eigenvalue weighted by molar-refractivity contribution is 0.269. The number of hydrogen-bond donors (Lipinski definition) is 0. The van der Waals surface area contributed by atoms with E-state index >= 15 is 0 Å². The summed E-state index contributed by atoms with van der Waals surface area (Å²) in [6, 6.07) is 5.98. The lowest BCUT2D eigenvalue weighted by Crippen LogP contribution is -2.00. The van der Waals surface area contributed by atoms with E-state index in [4.69, 9.17) is 9.47 Å². The number of nitrogens with zero attached hydrogens (tertiary/aromatic N) is 2. The normalized spacial score (nSPS) is 10.6. The second-order valence-corrected chi connectivity index (χ2v) is 4.90. The van der Waals surface area contributed by atoms with Gasteiger partial charge in [0.25, 0.3) is 0 Å². The van der Waals surface area contributed by atoms with Crippen LogP contribution in [-0.2, 0) is 18.5 Å². The summed E-state index contributed by atoms with van der Waals surface area (Å²) >= 11 is 3.45. The van der Waals surface area contributed by atoms with Gasteiger partial charge >= 0.3 is 0 Å². The van der Waals surface area contributed by atoms with Crippen molar-refractivity contribution < 1.29 is 9.47 Å². The number of alkyl halides is 1. The summed E-state index contributed by atoms with van der Waals surface area (Å²) < 4.78 is 13.4. The Hall–Kier alpha value is -1.49. The van der Waals surface area contributed by atoms with Crippen LogP contribution in [0.2, 0.25) is 0 Å². The van der Waals surface area contributed by atoms with Crippen molar-refractivity contribution in [2.45, 2.75) is 32.3 Å². The monoisotopic (exact) mass is 338 g/mol. The van der Waals surface area contributed by atoms with Gasteiger partial charge in [-0.05, 0) is 31.5 Å². The minimum atomic E-state index is 0.494. The third-order valence-corrected chi connectivity index (χ3v) is 3.51. The summed E-state index contributed by atoms with van der Waals surface area (Å²) in [5.41, 5.74) is 2.22. The maximum Gasteiger partial charge on any atom is 0.161 e. The SMILES string of the molecule is CCOc1cc(CBr)ccc1OCc1cnn(CC)c1. The van der Waals surface area contributed by atoms with Crippen LogP contribution < -0.4 is 9.47 Å². The average Bonchev–Trinajstić information content (AvgIpc) is 2.94. The number of aryl methyl sites for hydroxylation is 1. The molecule has 0 radical (unpaired) electrons. The van der Waals surface area contributed by atoms with E-state index in [1.807, 2.05) is 42.2 Å². The van der Waals surface area contributed by atoms with Gasteiger partial charge in [0.2, 0.25) is 0 Å². The molecule has 2 aromatic rings. The predicted octanol–water partition coefficient (Wildman–Crippen LogP) is 3.78. The quantitative estimate of drug-likeness (QED) is 0.721. The van der Waals surface area contributed by atoms with Crippen LogP contribution in [0.3, 0.4) is 0 Å². The van der Waals surface area contributed by atoms with Crippen LogP contribution in [0.4, 0.5) is 0 Å². The van der Waals surface area contributed by atoms with Gasteiger partial charge in [0.15, 0.2) is 11.5 Å². The lowest BCUT2D eigenvalue weighted by Gasteiger charge is -2.12. The van der Waals surface area contributed by atoms with Gasteiger partial charge in [-0.25, -0.2) is 0 Å². The molecule has 0 aliphatic rings. The summed E-state index contributed by atoms with van der Waals surface area (Å²) in [5, 5.41) is 5.03. The number of ether oxygens (including phenoxy) is 2. The molecule has 0 atom stereocenters. The summed E-state index contributed by atoms with van der Waals surface area (Å²) in [7, 11) is 0. The molecule has 2 rings (SSSR count). The van der Waals surface area contributed by atoms with Crippen LogP contribution >= 0.6 is 15.9 Å². The number of rotatable bonds is 7. The second kappa shape index (κ2) is 7.33. The maximum atomic E-state index is 5.84. The number of benzene rings is 1. The fourth-order valence-corrected chi connectivity index (χ4v) is 2.19. The van der Waals surface area contributed by atoms with E-state index in [0.717, 1.165) is 28.9 Å². The predicted molar refractivity (Wildman–Crippen MR) is 82.5 cm³/mol. The van der Waals surface area contributed by atoms with E-state index in [1.54, 1.807) is 0 Å². The zero-order valence-electron chi connectivity index (χ0n) is 11.8. The molecule has 0 N–H and O–H groups in total. The Morgan fingerprint density at radius 2 is 2.00 bits per heavy atom. The van der Waals surface area contributed by atoms with Gasteiger partial charge < -0.3 is 9.47 Å². The first-order chi connectivity index (χ1) is 9.76. The minimum Gasteiger partial charge on any atom is -0.490 e. The molecule has 0 unspecified atom stereocenters. The molecule has 0 aliphatic carbocycles. The van der Waals surface area contributed by atoms with Crippen LogP contribution in [-0.4, -0.2) is 16.4 Å². The Balaban J connectivity index is 2.07. The molecule has 5 heteroatoms. The Morgan fingerprint density at radius 3 is 2.65 bits per heavy atom. The van der Waals surface area contributed by atoms with Crippen LogP contribution in [0.25, 0.3) is 0 Å². The topological polar surface area (TPSA) is 36.3 Å². The van der Waals surface area contributed by atoms with Gasteiger partial charge in [0.1, 0.15) is 6.61 Å². The van der Waals surface area contributed by atoms with Crippen molar-refractivity contribution in [2.75, 3.05) is 6.61 Å². The molecule has 0 amide bonds.